The molecule has 10 heteroatoms. The highest BCUT2D eigenvalue weighted by Gasteiger charge is 2.30. The molecule has 0 aliphatic carbocycles. The molecule has 0 saturated heterocycles. The fraction of sp³-hybridized carbons (Fsp3) is 0.222. The summed E-state index contributed by atoms with van der Waals surface area (Å²) >= 11 is 9.42. The quantitative estimate of drug-likeness (QED) is 0.592. The number of nitrogens with zero attached hydrogens (tertiary/aromatic N) is 4. The molecular weight excluding hydrogens is 418 g/mol. The van der Waals surface area contributed by atoms with Crippen LogP contribution in [-0.4, -0.2) is 35.7 Å². The largest absolute Gasteiger partial charge is 0.493 e. The molecule has 0 saturated carbocycles. The molecule has 3 aromatic rings. The van der Waals surface area contributed by atoms with Crippen LogP contribution in [0.5, 0.6) is 11.5 Å². The Labute approximate surface area is 174 Å². The summed E-state index contributed by atoms with van der Waals surface area (Å²) in [7, 11) is 3.11. The van der Waals surface area contributed by atoms with Crippen LogP contribution in [-0.2, 0) is 0 Å². The number of nitriles is 1. The topological polar surface area (TPSA) is 93.0 Å². The summed E-state index contributed by atoms with van der Waals surface area (Å²) in [6.45, 7) is 0.476. The van der Waals surface area contributed by atoms with Crippen molar-refractivity contribution in [3.63, 3.8) is 0 Å². The second-order valence-electron chi connectivity index (χ2n) is 5.77. The molecule has 0 bridgehead atoms. The van der Waals surface area contributed by atoms with Gasteiger partial charge in [0.2, 0.25) is 0 Å². The molecule has 1 unspecified atom stereocenters. The zero-order chi connectivity index (χ0) is 19.7. The molecule has 142 valence electrons. The van der Waals surface area contributed by atoms with E-state index < -0.39 is 0 Å². The van der Waals surface area contributed by atoms with E-state index in [0.29, 0.717) is 45.3 Å². The van der Waals surface area contributed by atoms with Gasteiger partial charge in [-0.25, -0.2) is 15.0 Å². The molecule has 28 heavy (non-hydrogen) atoms. The molecule has 2 aromatic heterocycles. The van der Waals surface area contributed by atoms with Crippen molar-refractivity contribution in [2.24, 2.45) is 0 Å². The van der Waals surface area contributed by atoms with E-state index in [1.165, 1.54) is 23.1 Å². The molecule has 1 aliphatic rings. The van der Waals surface area contributed by atoms with E-state index in [1.54, 1.807) is 32.5 Å². The molecule has 7 nitrogen and oxygen atoms in total. The first-order chi connectivity index (χ1) is 13.6. The molecular formula is C18H14ClN5O2S2. The lowest BCUT2D eigenvalue weighted by Gasteiger charge is -2.15. The van der Waals surface area contributed by atoms with Gasteiger partial charge in [-0.05, 0) is 17.8 Å². The number of halogens is 1. The standard InChI is InChI=1S/C18H14ClN5O2S2/c1-25-12-5-10(11(19)6-13(12)26-2)15-14-9(7-20)8-22-16(14)24-17(23-15)28-18-21-3-4-27-18/h3-6,9H,8H2,1-2H3,(H,22,23,24). The summed E-state index contributed by atoms with van der Waals surface area (Å²) in [6.07, 6.45) is 1.73. The van der Waals surface area contributed by atoms with Gasteiger partial charge in [-0.2, -0.15) is 5.26 Å². The number of thiazole rings is 1. The Hall–Kier alpha value is -2.54. The normalized spacial score (nSPS) is 14.9. The van der Waals surface area contributed by atoms with Gasteiger partial charge in [0.25, 0.3) is 0 Å². The maximum Gasteiger partial charge on any atom is 0.197 e. The maximum absolute atomic E-state index is 9.58. The maximum atomic E-state index is 9.58. The minimum Gasteiger partial charge on any atom is -0.493 e. The molecule has 1 aliphatic heterocycles. The molecule has 0 amide bonds. The lowest BCUT2D eigenvalue weighted by Crippen LogP contribution is -2.01. The summed E-state index contributed by atoms with van der Waals surface area (Å²) < 4.78 is 11.6. The van der Waals surface area contributed by atoms with E-state index in [4.69, 9.17) is 26.1 Å². The smallest absolute Gasteiger partial charge is 0.197 e. The first kappa shape index (κ1) is 18.8. The number of nitrogens with one attached hydrogen (secondary N) is 1. The van der Waals surface area contributed by atoms with E-state index in [1.807, 2.05) is 5.38 Å². The summed E-state index contributed by atoms with van der Waals surface area (Å²) in [5, 5.41) is 15.6. The average molecular weight is 432 g/mol. The van der Waals surface area contributed by atoms with Gasteiger partial charge in [-0.1, -0.05) is 11.6 Å². The highest BCUT2D eigenvalue weighted by Crippen LogP contribution is 2.44. The van der Waals surface area contributed by atoms with Crippen LogP contribution in [0.3, 0.4) is 0 Å². The third kappa shape index (κ3) is 3.35. The minimum absolute atomic E-state index is 0.368. The SMILES string of the molecule is COc1cc(Cl)c(-c2nc(Sc3nccs3)nc3c2C(C#N)CN3)cc1OC. The van der Waals surface area contributed by atoms with Crippen molar-refractivity contribution < 1.29 is 9.47 Å². The molecule has 1 aromatic carbocycles. The van der Waals surface area contributed by atoms with E-state index in [0.717, 1.165) is 9.90 Å². The Balaban J connectivity index is 1.90. The van der Waals surface area contributed by atoms with Crippen molar-refractivity contribution in [1.29, 1.82) is 5.26 Å². The van der Waals surface area contributed by atoms with Crippen LogP contribution in [0, 0.1) is 11.3 Å². The Morgan fingerprint density at radius 1 is 1.29 bits per heavy atom. The van der Waals surface area contributed by atoms with Crippen LogP contribution < -0.4 is 14.8 Å². The van der Waals surface area contributed by atoms with Crippen LogP contribution in [0.1, 0.15) is 11.5 Å². The lowest BCUT2D eigenvalue weighted by atomic mass is 9.98. The Bertz CT molecular complexity index is 1070. The summed E-state index contributed by atoms with van der Waals surface area (Å²) in [5.74, 6) is 1.33. The third-order valence-corrected chi connectivity index (χ3v) is 6.28. The van der Waals surface area contributed by atoms with Crippen LogP contribution in [0.15, 0.2) is 33.2 Å². The van der Waals surface area contributed by atoms with E-state index in [-0.39, 0.29) is 5.92 Å². The van der Waals surface area contributed by atoms with Gasteiger partial charge in [0.1, 0.15) is 5.82 Å². The van der Waals surface area contributed by atoms with E-state index >= 15 is 0 Å². The zero-order valence-electron chi connectivity index (χ0n) is 14.9. The predicted molar refractivity (Wildman–Crippen MR) is 109 cm³/mol. The molecule has 0 radical (unpaired) electrons. The Morgan fingerprint density at radius 2 is 2.07 bits per heavy atom. The molecule has 1 atom stereocenters. The lowest BCUT2D eigenvalue weighted by molar-refractivity contribution is 0.355. The van der Waals surface area contributed by atoms with Crippen molar-refractivity contribution in [3.05, 3.63) is 34.3 Å². The number of methoxy groups -OCH3 is 2. The second kappa shape index (κ2) is 7.83. The fourth-order valence-electron chi connectivity index (χ4n) is 2.95. The number of rotatable bonds is 5. The van der Waals surface area contributed by atoms with Crippen molar-refractivity contribution in [2.45, 2.75) is 15.4 Å². The molecule has 3 heterocycles. The molecule has 1 N–H and O–H groups in total. The number of ether oxygens (including phenoxy) is 2. The van der Waals surface area contributed by atoms with Crippen LogP contribution in [0.25, 0.3) is 11.3 Å². The van der Waals surface area contributed by atoms with Crippen molar-refractivity contribution in [3.8, 4) is 28.8 Å². The van der Waals surface area contributed by atoms with Crippen molar-refractivity contribution >= 4 is 40.5 Å². The summed E-state index contributed by atoms with van der Waals surface area (Å²) in [6, 6.07) is 5.76. The number of anilines is 1. The average Bonchev–Trinajstić information content (AvgIpc) is 3.36. The number of hydrogen-bond donors (Lipinski definition) is 1. The van der Waals surface area contributed by atoms with Crippen molar-refractivity contribution in [1.82, 2.24) is 15.0 Å². The van der Waals surface area contributed by atoms with Gasteiger partial charge >= 0.3 is 0 Å². The summed E-state index contributed by atoms with van der Waals surface area (Å²) in [5.41, 5.74) is 1.99. The number of aromatic nitrogens is 3. The number of benzene rings is 1. The number of fused-ring (bicyclic) bond motifs is 1. The van der Waals surface area contributed by atoms with Gasteiger partial charge in [0, 0.05) is 35.3 Å². The minimum atomic E-state index is -0.368. The third-order valence-electron chi connectivity index (χ3n) is 4.22. The van der Waals surface area contributed by atoms with Gasteiger partial charge in [-0.3, -0.25) is 0 Å². The van der Waals surface area contributed by atoms with Gasteiger partial charge in [0.05, 0.1) is 36.9 Å². The predicted octanol–water partition coefficient (Wildman–Crippen LogP) is 4.45. The monoisotopic (exact) mass is 431 g/mol. The van der Waals surface area contributed by atoms with E-state index in [9.17, 15) is 5.26 Å². The van der Waals surface area contributed by atoms with Gasteiger partial charge < -0.3 is 14.8 Å². The van der Waals surface area contributed by atoms with Gasteiger partial charge in [0.15, 0.2) is 21.0 Å². The second-order valence-corrected chi connectivity index (χ2v) is 8.28. The highest BCUT2D eigenvalue weighted by atomic mass is 35.5. The van der Waals surface area contributed by atoms with Crippen LogP contribution in [0.4, 0.5) is 5.82 Å². The first-order valence-corrected chi connectivity index (χ1v) is 10.3. The highest BCUT2D eigenvalue weighted by molar-refractivity contribution is 8.00. The fourth-order valence-corrected chi connectivity index (χ4v) is 4.68. The van der Waals surface area contributed by atoms with Crippen LogP contribution in [0.2, 0.25) is 5.02 Å². The molecule has 0 spiro atoms. The molecule has 4 rings (SSSR count). The first-order valence-electron chi connectivity index (χ1n) is 8.19. The van der Waals surface area contributed by atoms with E-state index in [2.05, 4.69) is 21.4 Å². The number of hydrogen-bond acceptors (Lipinski definition) is 9. The Kier molecular flexibility index (Phi) is 5.26. The zero-order valence-corrected chi connectivity index (χ0v) is 17.3. The Morgan fingerprint density at radius 3 is 2.75 bits per heavy atom. The van der Waals surface area contributed by atoms with Crippen LogP contribution >= 0.6 is 34.7 Å². The van der Waals surface area contributed by atoms with Crippen molar-refractivity contribution in [2.75, 3.05) is 26.1 Å². The van der Waals surface area contributed by atoms with Gasteiger partial charge in [-0.15, -0.1) is 11.3 Å². The summed E-state index contributed by atoms with van der Waals surface area (Å²) in [4.78, 5) is 13.6. The molecule has 0 fully saturated rings.